The highest BCUT2D eigenvalue weighted by Gasteiger charge is 2.25. The summed E-state index contributed by atoms with van der Waals surface area (Å²) < 4.78 is 7.66. The summed E-state index contributed by atoms with van der Waals surface area (Å²) in [6.07, 6.45) is 1.83. The number of nitrogens with zero attached hydrogens (tertiary/aromatic N) is 2. The van der Waals surface area contributed by atoms with Crippen molar-refractivity contribution in [2.45, 2.75) is 12.6 Å². The number of aromatic nitrogens is 2. The molecule has 2 aromatic carbocycles. The molecule has 0 aliphatic carbocycles. The maximum absolute atomic E-state index is 12.5. The Hall–Kier alpha value is -3.12. The molecule has 0 fully saturated rings. The topological polar surface area (TPSA) is 68.2 Å². The third kappa shape index (κ3) is 4.01. The van der Waals surface area contributed by atoms with Crippen LogP contribution in [0, 0.1) is 0 Å². The quantitative estimate of drug-likeness (QED) is 0.661. The number of fused-ring (bicyclic) bond motifs is 1. The fourth-order valence-electron chi connectivity index (χ4n) is 3.22. The number of rotatable bonds is 6. The molecule has 2 heterocycles. The predicted molar refractivity (Wildman–Crippen MR) is 103 cm³/mol. The summed E-state index contributed by atoms with van der Waals surface area (Å²) in [5.74, 6) is 1.49. The zero-order valence-electron chi connectivity index (χ0n) is 15.0. The lowest BCUT2D eigenvalue weighted by atomic mass is 10.1. The minimum absolute atomic E-state index is 0.00270. The fraction of sp³-hybridized carbons (Fsp3) is 0.238. The maximum atomic E-state index is 12.5. The van der Waals surface area contributed by atoms with Gasteiger partial charge in [0.2, 0.25) is 0 Å². The van der Waals surface area contributed by atoms with Gasteiger partial charge >= 0.3 is 0 Å². The highest BCUT2D eigenvalue weighted by Crippen LogP contribution is 2.24. The number of amides is 1. The van der Waals surface area contributed by atoms with Gasteiger partial charge in [-0.05, 0) is 17.7 Å². The molecule has 3 aromatic rings. The molecule has 0 radical (unpaired) electrons. The Bertz CT molecular complexity index is 893. The SMILES string of the molecule is O=C(NCCOc1ccccc1)c1cn2c(n1)C(c1ccccc1)NCC2. The van der Waals surface area contributed by atoms with Crippen molar-refractivity contribution in [1.82, 2.24) is 20.2 Å². The van der Waals surface area contributed by atoms with E-state index in [0.29, 0.717) is 18.8 Å². The van der Waals surface area contributed by atoms with Crippen molar-refractivity contribution in [3.8, 4) is 5.75 Å². The normalized spacial score (nSPS) is 15.8. The monoisotopic (exact) mass is 362 g/mol. The fourth-order valence-corrected chi connectivity index (χ4v) is 3.22. The molecule has 0 bridgehead atoms. The first-order valence-corrected chi connectivity index (χ1v) is 9.13. The molecule has 0 saturated carbocycles. The van der Waals surface area contributed by atoms with E-state index in [-0.39, 0.29) is 11.9 Å². The largest absolute Gasteiger partial charge is 0.492 e. The number of hydrogen-bond donors (Lipinski definition) is 2. The van der Waals surface area contributed by atoms with Gasteiger partial charge in [-0.3, -0.25) is 4.79 Å². The summed E-state index contributed by atoms with van der Waals surface area (Å²) in [7, 11) is 0. The van der Waals surface area contributed by atoms with Gasteiger partial charge < -0.3 is 19.9 Å². The molecule has 1 aliphatic rings. The first-order chi connectivity index (χ1) is 13.3. The minimum atomic E-state index is -0.180. The Balaban J connectivity index is 1.38. The second kappa shape index (κ2) is 8.05. The number of hydrogen-bond acceptors (Lipinski definition) is 4. The average Bonchev–Trinajstić information content (AvgIpc) is 3.17. The molecule has 6 nitrogen and oxygen atoms in total. The smallest absolute Gasteiger partial charge is 0.271 e. The summed E-state index contributed by atoms with van der Waals surface area (Å²) in [5.41, 5.74) is 1.58. The molecule has 138 valence electrons. The number of benzene rings is 2. The molecule has 6 heteroatoms. The van der Waals surface area contributed by atoms with Crippen molar-refractivity contribution < 1.29 is 9.53 Å². The first-order valence-electron chi connectivity index (χ1n) is 9.13. The van der Waals surface area contributed by atoms with Crippen LogP contribution in [0.3, 0.4) is 0 Å². The van der Waals surface area contributed by atoms with Crippen LogP contribution in [-0.4, -0.2) is 35.2 Å². The van der Waals surface area contributed by atoms with Crippen molar-refractivity contribution in [3.05, 3.63) is 83.9 Å². The van der Waals surface area contributed by atoms with E-state index in [0.717, 1.165) is 30.2 Å². The highest BCUT2D eigenvalue weighted by molar-refractivity contribution is 5.92. The first kappa shape index (κ1) is 17.3. The lowest BCUT2D eigenvalue weighted by Gasteiger charge is -2.25. The van der Waals surface area contributed by atoms with Crippen LogP contribution in [-0.2, 0) is 6.54 Å². The van der Waals surface area contributed by atoms with Crippen molar-refractivity contribution in [2.75, 3.05) is 19.7 Å². The maximum Gasteiger partial charge on any atom is 0.271 e. The lowest BCUT2D eigenvalue weighted by Crippen LogP contribution is -2.34. The van der Waals surface area contributed by atoms with Crippen LogP contribution < -0.4 is 15.4 Å². The van der Waals surface area contributed by atoms with Crippen LogP contribution in [0.15, 0.2) is 66.9 Å². The van der Waals surface area contributed by atoms with Gasteiger partial charge in [-0.25, -0.2) is 4.98 Å². The molecule has 27 heavy (non-hydrogen) atoms. The molecular formula is C21H22N4O2. The number of carbonyl (C=O) groups is 1. The zero-order chi connectivity index (χ0) is 18.5. The van der Waals surface area contributed by atoms with Crippen molar-refractivity contribution in [3.63, 3.8) is 0 Å². The van der Waals surface area contributed by atoms with Gasteiger partial charge in [-0.1, -0.05) is 48.5 Å². The zero-order valence-corrected chi connectivity index (χ0v) is 15.0. The van der Waals surface area contributed by atoms with E-state index in [1.807, 2.05) is 54.7 Å². The highest BCUT2D eigenvalue weighted by atomic mass is 16.5. The Labute approximate surface area is 158 Å². The van der Waals surface area contributed by atoms with E-state index in [1.54, 1.807) is 0 Å². The summed E-state index contributed by atoms with van der Waals surface area (Å²) in [5, 5.41) is 6.35. The van der Waals surface area contributed by atoms with Crippen LogP contribution in [0.25, 0.3) is 0 Å². The Morgan fingerprint density at radius 2 is 1.89 bits per heavy atom. The van der Waals surface area contributed by atoms with Gasteiger partial charge in [-0.2, -0.15) is 0 Å². The van der Waals surface area contributed by atoms with Gasteiger partial charge in [0.15, 0.2) is 0 Å². The van der Waals surface area contributed by atoms with Crippen LogP contribution in [0.1, 0.15) is 27.9 Å². The van der Waals surface area contributed by atoms with E-state index in [4.69, 9.17) is 4.74 Å². The van der Waals surface area contributed by atoms with Crippen molar-refractivity contribution in [2.24, 2.45) is 0 Å². The Kier molecular flexibility index (Phi) is 5.16. The lowest BCUT2D eigenvalue weighted by molar-refractivity contribution is 0.0942. The standard InChI is InChI=1S/C21H22N4O2/c26-21(23-12-14-27-17-9-5-2-6-10-17)18-15-25-13-11-22-19(20(25)24-18)16-7-3-1-4-8-16/h1-10,15,19,22H,11-14H2,(H,23,26). The molecule has 1 atom stereocenters. The van der Waals surface area contributed by atoms with Crippen LogP contribution >= 0.6 is 0 Å². The summed E-state index contributed by atoms with van der Waals surface area (Å²) in [6.45, 7) is 2.48. The summed E-state index contributed by atoms with van der Waals surface area (Å²) in [4.78, 5) is 17.0. The number of ether oxygens (including phenoxy) is 1. The van der Waals surface area contributed by atoms with E-state index < -0.39 is 0 Å². The van der Waals surface area contributed by atoms with Crippen LogP contribution in [0.2, 0.25) is 0 Å². The third-order valence-corrected chi connectivity index (χ3v) is 4.53. The number of para-hydroxylation sites is 1. The van der Waals surface area contributed by atoms with E-state index >= 15 is 0 Å². The van der Waals surface area contributed by atoms with E-state index in [2.05, 4.69) is 32.3 Å². The summed E-state index contributed by atoms with van der Waals surface area (Å²) in [6, 6.07) is 19.7. The van der Waals surface area contributed by atoms with E-state index in [1.165, 1.54) is 0 Å². The average molecular weight is 362 g/mol. The van der Waals surface area contributed by atoms with Gasteiger partial charge in [-0.15, -0.1) is 0 Å². The molecule has 1 unspecified atom stereocenters. The number of imidazole rings is 1. The van der Waals surface area contributed by atoms with Gasteiger partial charge in [0.05, 0.1) is 12.6 Å². The molecule has 2 N–H and O–H groups in total. The molecule has 1 aliphatic heterocycles. The van der Waals surface area contributed by atoms with Crippen LogP contribution in [0.4, 0.5) is 0 Å². The van der Waals surface area contributed by atoms with Crippen molar-refractivity contribution >= 4 is 5.91 Å². The predicted octanol–water partition coefficient (Wildman–Crippen LogP) is 2.38. The molecule has 1 amide bonds. The molecule has 0 saturated heterocycles. The second-order valence-corrected chi connectivity index (χ2v) is 6.39. The molecule has 4 rings (SSSR count). The molecule has 0 spiro atoms. The summed E-state index contributed by atoms with van der Waals surface area (Å²) >= 11 is 0. The van der Waals surface area contributed by atoms with E-state index in [9.17, 15) is 4.79 Å². The molecule has 1 aromatic heterocycles. The minimum Gasteiger partial charge on any atom is -0.492 e. The second-order valence-electron chi connectivity index (χ2n) is 6.39. The Morgan fingerprint density at radius 3 is 2.67 bits per heavy atom. The number of nitrogens with one attached hydrogen (secondary N) is 2. The van der Waals surface area contributed by atoms with Crippen LogP contribution in [0.5, 0.6) is 5.75 Å². The molecular weight excluding hydrogens is 340 g/mol. The van der Waals surface area contributed by atoms with Crippen molar-refractivity contribution in [1.29, 1.82) is 0 Å². The Morgan fingerprint density at radius 1 is 1.15 bits per heavy atom. The number of carbonyl (C=O) groups excluding carboxylic acids is 1. The third-order valence-electron chi connectivity index (χ3n) is 4.53. The van der Waals surface area contributed by atoms with Gasteiger partial charge in [0.25, 0.3) is 5.91 Å². The van der Waals surface area contributed by atoms with Gasteiger partial charge in [0, 0.05) is 19.3 Å². The van der Waals surface area contributed by atoms with Gasteiger partial charge in [0.1, 0.15) is 23.9 Å².